The molecular weight excluding hydrogens is 679 g/mol. The summed E-state index contributed by atoms with van der Waals surface area (Å²) in [5.41, 5.74) is 2.34. The van der Waals surface area contributed by atoms with E-state index in [1.54, 1.807) is 53.7 Å². The van der Waals surface area contributed by atoms with Crippen molar-refractivity contribution in [1.29, 1.82) is 0 Å². The number of benzene rings is 2. The summed E-state index contributed by atoms with van der Waals surface area (Å²) in [5, 5.41) is 27.2. The van der Waals surface area contributed by atoms with Crippen LogP contribution in [0.2, 0.25) is 0 Å². The first-order valence-corrected chi connectivity index (χ1v) is 17.2. The predicted molar refractivity (Wildman–Crippen MR) is 185 cm³/mol. The highest BCUT2D eigenvalue weighted by Crippen LogP contribution is 2.33. The molecule has 2 aromatic carbocycles. The number of amides is 2. The molecule has 276 valence electrons. The number of hydrogen-bond donors (Lipinski definition) is 4. The monoisotopic (exact) mass is 721 g/mol. The van der Waals surface area contributed by atoms with Crippen molar-refractivity contribution in [3.05, 3.63) is 108 Å². The lowest BCUT2D eigenvalue weighted by Crippen LogP contribution is -2.60. The summed E-state index contributed by atoms with van der Waals surface area (Å²) in [7, 11) is 0. The maximum absolute atomic E-state index is 13.9. The summed E-state index contributed by atoms with van der Waals surface area (Å²) in [6.45, 7) is -0.371. The maximum atomic E-state index is 13.9. The van der Waals surface area contributed by atoms with Gasteiger partial charge in [-0.25, -0.2) is 0 Å². The number of alkyl halides is 3. The molecule has 4 N–H and O–H groups in total. The van der Waals surface area contributed by atoms with Crippen molar-refractivity contribution < 1.29 is 42.1 Å². The number of halogens is 3. The van der Waals surface area contributed by atoms with Gasteiger partial charge in [-0.2, -0.15) is 13.2 Å². The van der Waals surface area contributed by atoms with Gasteiger partial charge in [-0.05, 0) is 48.7 Å². The predicted octanol–water partition coefficient (Wildman–Crippen LogP) is 3.73. The summed E-state index contributed by atoms with van der Waals surface area (Å²) < 4.78 is 51.0. The van der Waals surface area contributed by atoms with E-state index in [2.05, 4.69) is 10.3 Å². The number of β-amino-alcohol motifs (C(OH)–C–C–N with tert-alkyl or cyclic N) is 1. The summed E-state index contributed by atoms with van der Waals surface area (Å²) in [4.78, 5) is 34.8. The first kappa shape index (κ1) is 37.0. The molecule has 2 aromatic heterocycles. The molecule has 4 aromatic rings. The van der Waals surface area contributed by atoms with E-state index in [9.17, 15) is 33.0 Å². The van der Waals surface area contributed by atoms with Crippen LogP contribution in [-0.2, 0) is 22.6 Å². The van der Waals surface area contributed by atoms with Crippen LogP contribution in [-0.4, -0.2) is 101 Å². The second-order valence-corrected chi connectivity index (χ2v) is 13.3. The van der Waals surface area contributed by atoms with Crippen LogP contribution in [0.3, 0.4) is 0 Å². The van der Waals surface area contributed by atoms with Crippen LogP contribution in [0, 0.1) is 5.92 Å². The number of ether oxygens (including phenoxy) is 1. The van der Waals surface area contributed by atoms with Crippen LogP contribution < -0.4 is 15.4 Å². The number of furan rings is 1. The zero-order chi connectivity index (χ0) is 36.7. The minimum absolute atomic E-state index is 0.00249. The van der Waals surface area contributed by atoms with Crippen molar-refractivity contribution >= 4 is 11.8 Å². The van der Waals surface area contributed by atoms with E-state index in [1.165, 1.54) is 0 Å². The van der Waals surface area contributed by atoms with E-state index < -0.39 is 54.7 Å². The van der Waals surface area contributed by atoms with Gasteiger partial charge in [-0.3, -0.25) is 24.4 Å². The van der Waals surface area contributed by atoms with E-state index in [1.807, 2.05) is 52.7 Å². The van der Waals surface area contributed by atoms with Gasteiger partial charge in [0.05, 0.1) is 18.7 Å². The normalized spacial score (nSPS) is 20.7. The number of pyridine rings is 1. The van der Waals surface area contributed by atoms with Crippen molar-refractivity contribution in [2.45, 2.75) is 49.9 Å². The Balaban J connectivity index is 1.15. The Morgan fingerprint density at radius 2 is 1.73 bits per heavy atom. The van der Waals surface area contributed by atoms with Crippen molar-refractivity contribution in [3.8, 4) is 17.1 Å². The van der Waals surface area contributed by atoms with E-state index in [4.69, 9.17) is 9.15 Å². The number of fused-ring (bicyclic) bond motifs is 1. The molecule has 0 radical (unpaired) electrons. The molecule has 0 saturated carbocycles. The molecule has 52 heavy (non-hydrogen) atoms. The molecule has 6 rings (SSSR count). The standard InChI is InChI=1S/C38H42F3N5O6/c39-38(40,41)24-43-37(50)31-22-45(21-29-10-11-33(52-29)26-6-2-1-3-7-26)16-17-46(31)20-28(47)19-27(18-25-12-14-42-15-13-25)36(49)44-35-30-8-4-5-9-34(30)51-23-32(35)48/h1-15,27-28,31-32,35,47-48H,16-24H2,(H,43,50)(H,44,49)/t27-,28-,31-,32+,35-/m0/s1. The molecule has 11 nitrogen and oxygen atoms in total. The second kappa shape index (κ2) is 16.7. The number of aromatic nitrogens is 1. The lowest BCUT2D eigenvalue weighted by Gasteiger charge is -2.41. The van der Waals surface area contributed by atoms with E-state index in [-0.39, 0.29) is 39.1 Å². The van der Waals surface area contributed by atoms with Crippen LogP contribution >= 0.6 is 0 Å². The first-order valence-electron chi connectivity index (χ1n) is 17.2. The van der Waals surface area contributed by atoms with Crippen LogP contribution in [0.25, 0.3) is 11.3 Å². The topological polar surface area (TPSA) is 140 Å². The van der Waals surface area contributed by atoms with Crippen molar-refractivity contribution in [3.63, 3.8) is 0 Å². The fourth-order valence-corrected chi connectivity index (χ4v) is 6.79. The second-order valence-electron chi connectivity index (χ2n) is 13.3. The number of nitrogens with one attached hydrogen (secondary N) is 2. The van der Waals surface area contributed by atoms with Gasteiger partial charge in [0.15, 0.2) is 0 Å². The van der Waals surface area contributed by atoms with E-state index in [0.717, 1.165) is 11.1 Å². The molecule has 0 bridgehead atoms. The number of piperazine rings is 1. The van der Waals surface area contributed by atoms with Crippen molar-refractivity contribution in [2.24, 2.45) is 5.92 Å². The first-order chi connectivity index (χ1) is 25.0. The van der Waals surface area contributed by atoms with E-state index in [0.29, 0.717) is 35.9 Å². The summed E-state index contributed by atoms with van der Waals surface area (Å²) in [6, 6.07) is 22.2. The highest BCUT2D eigenvalue weighted by molar-refractivity contribution is 5.82. The number of rotatable bonds is 13. The molecule has 0 aliphatic carbocycles. The quantitative estimate of drug-likeness (QED) is 0.163. The average Bonchev–Trinajstić information content (AvgIpc) is 3.61. The molecule has 2 amide bonds. The number of carbonyl (C=O) groups is 2. The van der Waals surface area contributed by atoms with Gasteiger partial charge in [0.1, 0.15) is 42.6 Å². The Labute approximate surface area is 299 Å². The van der Waals surface area contributed by atoms with Gasteiger partial charge >= 0.3 is 6.18 Å². The lowest BCUT2D eigenvalue weighted by atomic mass is 9.91. The lowest BCUT2D eigenvalue weighted by molar-refractivity contribution is -0.143. The van der Waals surface area contributed by atoms with Crippen molar-refractivity contribution in [1.82, 2.24) is 25.4 Å². The zero-order valence-corrected chi connectivity index (χ0v) is 28.4. The number of hydrogen-bond acceptors (Lipinski definition) is 9. The Kier molecular flexibility index (Phi) is 11.9. The highest BCUT2D eigenvalue weighted by atomic mass is 19.4. The number of aliphatic hydroxyl groups is 2. The molecule has 4 heterocycles. The Hall–Kier alpha value is -4.76. The fourth-order valence-electron chi connectivity index (χ4n) is 6.79. The molecule has 5 atom stereocenters. The molecule has 1 fully saturated rings. The van der Waals surface area contributed by atoms with Gasteiger partial charge in [-0.15, -0.1) is 0 Å². The third-order valence-electron chi connectivity index (χ3n) is 9.39. The SMILES string of the molecule is O=C(N[C@H]1c2ccccc2OC[C@H]1O)[C@@H](Cc1ccncc1)C[C@H](O)CN1CCN(Cc2ccc(-c3ccccc3)o2)C[C@H]1C(=O)NCC(F)(F)F. The van der Waals surface area contributed by atoms with Gasteiger partial charge in [0.25, 0.3) is 0 Å². The van der Waals surface area contributed by atoms with Gasteiger partial charge in [-0.1, -0.05) is 48.5 Å². The Bertz CT molecular complexity index is 1780. The number of para-hydroxylation sites is 1. The summed E-state index contributed by atoms with van der Waals surface area (Å²) in [5.74, 6) is -0.0782. The Morgan fingerprint density at radius 3 is 2.50 bits per heavy atom. The molecule has 2 aliphatic heterocycles. The summed E-state index contributed by atoms with van der Waals surface area (Å²) >= 11 is 0. The largest absolute Gasteiger partial charge is 0.490 e. The van der Waals surface area contributed by atoms with Gasteiger partial charge in [0, 0.05) is 55.6 Å². The number of carbonyl (C=O) groups excluding carboxylic acids is 2. The zero-order valence-electron chi connectivity index (χ0n) is 28.4. The highest BCUT2D eigenvalue weighted by Gasteiger charge is 2.38. The molecular formula is C38H42F3N5O6. The van der Waals surface area contributed by atoms with Crippen LogP contribution in [0.4, 0.5) is 13.2 Å². The van der Waals surface area contributed by atoms with Crippen LogP contribution in [0.1, 0.15) is 29.3 Å². The fraction of sp³-hybridized carbons (Fsp3) is 0.395. The van der Waals surface area contributed by atoms with Crippen molar-refractivity contribution in [2.75, 3.05) is 39.3 Å². The van der Waals surface area contributed by atoms with Gasteiger partial charge < -0.3 is 30.0 Å². The third kappa shape index (κ3) is 9.76. The minimum Gasteiger partial charge on any atom is -0.490 e. The average molecular weight is 722 g/mol. The number of aliphatic hydroxyl groups excluding tert-OH is 2. The molecule has 2 aliphatic rings. The molecule has 1 saturated heterocycles. The molecule has 0 unspecified atom stereocenters. The van der Waals surface area contributed by atoms with Crippen LogP contribution in [0.15, 0.2) is 95.7 Å². The molecule has 0 spiro atoms. The smallest absolute Gasteiger partial charge is 0.405 e. The maximum Gasteiger partial charge on any atom is 0.405 e. The van der Waals surface area contributed by atoms with E-state index >= 15 is 0 Å². The summed E-state index contributed by atoms with van der Waals surface area (Å²) in [6.07, 6.45) is -3.26. The minimum atomic E-state index is -4.59. The third-order valence-corrected chi connectivity index (χ3v) is 9.39. The Morgan fingerprint density at radius 1 is 0.981 bits per heavy atom. The van der Waals surface area contributed by atoms with Gasteiger partial charge in [0.2, 0.25) is 11.8 Å². The molecule has 14 heteroatoms. The van der Waals surface area contributed by atoms with Crippen LogP contribution in [0.5, 0.6) is 5.75 Å². The number of nitrogens with zero attached hydrogens (tertiary/aromatic N) is 3.